The van der Waals surface area contributed by atoms with Gasteiger partial charge in [-0.25, -0.2) is 19.6 Å². The summed E-state index contributed by atoms with van der Waals surface area (Å²) in [6.07, 6.45) is 1.27. The summed E-state index contributed by atoms with van der Waals surface area (Å²) < 4.78 is 16.3. The minimum atomic E-state index is -0.536. The predicted molar refractivity (Wildman–Crippen MR) is 145 cm³/mol. The van der Waals surface area contributed by atoms with Crippen molar-refractivity contribution in [3.8, 4) is 22.9 Å². The van der Waals surface area contributed by atoms with Crippen molar-refractivity contribution in [1.82, 2.24) is 14.9 Å². The Balaban J connectivity index is 1.47. The maximum Gasteiger partial charge on any atom is 0.410 e. The normalized spacial score (nSPS) is 13.7. The number of rotatable bonds is 5. The first-order valence-electron chi connectivity index (χ1n) is 11.9. The average molecular weight is 559 g/mol. The summed E-state index contributed by atoms with van der Waals surface area (Å²) in [4.78, 5) is 37.4. The number of carbonyl (C=O) groups excluding carboxylic acids is 2. The number of ether oxygens (including phenoxy) is 3. The molecule has 1 aliphatic rings. The van der Waals surface area contributed by atoms with Gasteiger partial charge in [0.15, 0.2) is 0 Å². The van der Waals surface area contributed by atoms with Gasteiger partial charge < -0.3 is 24.0 Å². The van der Waals surface area contributed by atoms with E-state index < -0.39 is 11.6 Å². The molecular weight excluding hydrogens is 531 g/mol. The van der Waals surface area contributed by atoms with E-state index in [1.807, 2.05) is 26.8 Å². The summed E-state index contributed by atoms with van der Waals surface area (Å²) in [7, 11) is 1.30. The molecule has 0 atom stereocenters. The third-order valence-corrected chi connectivity index (χ3v) is 6.02. The highest BCUT2D eigenvalue weighted by molar-refractivity contribution is 6.35. The van der Waals surface area contributed by atoms with E-state index in [-0.39, 0.29) is 17.5 Å². The molecule has 0 unspecified atom stereocenters. The van der Waals surface area contributed by atoms with Crippen LogP contribution in [0.15, 0.2) is 48.7 Å². The second kappa shape index (κ2) is 11.4. The zero-order valence-electron chi connectivity index (χ0n) is 21.5. The number of carbonyl (C=O) groups is 2. The zero-order chi connectivity index (χ0) is 27.4. The molecule has 2 aromatic heterocycles. The van der Waals surface area contributed by atoms with Crippen molar-refractivity contribution in [1.29, 1.82) is 0 Å². The van der Waals surface area contributed by atoms with Crippen molar-refractivity contribution in [3.05, 3.63) is 64.3 Å². The van der Waals surface area contributed by atoms with E-state index in [0.29, 0.717) is 53.2 Å². The zero-order valence-corrected chi connectivity index (χ0v) is 23.0. The lowest BCUT2D eigenvalue weighted by Gasteiger charge is -2.36. The van der Waals surface area contributed by atoms with Crippen LogP contribution in [0.3, 0.4) is 0 Å². The Kier molecular flexibility index (Phi) is 8.28. The van der Waals surface area contributed by atoms with Crippen molar-refractivity contribution in [2.45, 2.75) is 26.4 Å². The molecule has 200 valence electrons. The molecule has 11 heteroatoms. The number of pyridine rings is 2. The number of esters is 1. The number of amides is 1. The van der Waals surface area contributed by atoms with Crippen LogP contribution in [0.4, 0.5) is 10.6 Å². The summed E-state index contributed by atoms with van der Waals surface area (Å²) >= 11 is 12.3. The fourth-order valence-electron chi connectivity index (χ4n) is 3.83. The fraction of sp³-hybridized carbons (Fsp3) is 0.333. The van der Waals surface area contributed by atoms with Crippen LogP contribution in [0.2, 0.25) is 10.0 Å². The first kappa shape index (κ1) is 27.5. The summed E-state index contributed by atoms with van der Waals surface area (Å²) in [5, 5.41) is 0.874. The molecule has 3 aromatic rings. The molecule has 9 nitrogen and oxygen atoms in total. The van der Waals surface area contributed by atoms with Gasteiger partial charge >= 0.3 is 12.1 Å². The van der Waals surface area contributed by atoms with Crippen LogP contribution >= 0.6 is 23.2 Å². The van der Waals surface area contributed by atoms with Gasteiger partial charge in [0, 0.05) is 47.9 Å². The summed E-state index contributed by atoms with van der Waals surface area (Å²) in [6.45, 7) is 7.88. The number of hydrogen-bond donors (Lipinski definition) is 0. The minimum Gasteiger partial charge on any atom is -0.465 e. The van der Waals surface area contributed by atoms with Gasteiger partial charge in [0.25, 0.3) is 0 Å². The second-order valence-electron chi connectivity index (χ2n) is 9.64. The van der Waals surface area contributed by atoms with E-state index in [9.17, 15) is 9.59 Å². The third-order valence-electron chi connectivity index (χ3n) is 5.58. The Bertz CT molecular complexity index is 1300. The van der Waals surface area contributed by atoms with E-state index in [0.717, 1.165) is 5.82 Å². The van der Waals surface area contributed by atoms with Crippen LogP contribution in [-0.4, -0.2) is 65.8 Å². The first-order chi connectivity index (χ1) is 18.0. The van der Waals surface area contributed by atoms with E-state index in [1.54, 1.807) is 41.4 Å². The number of hydrogen-bond acceptors (Lipinski definition) is 8. The number of benzene rings is 1. The summed E-state index contributed by atoms with van der Waals surface area (Å²) in [6, 6.07) is 11.7. The molecule has 1 aromatic carbocycles. The average Bonchev–Trinajstić information content (AvgIpc) is 2.87. The van der Waals surface area contributed by atoms with Gasteiger partial charge in [-0.1, -0.05) is 23.2 Å². The van der Waals surface area contributed by atoms with Crippen LogP contribution in [0, 0.1) is 0 Å². The Hall–Kier alpha value is -3.56. The van der Waals surface area contributed by atoms with E-state index >= 15 is 0 Å². The maximum atomic E-state index is 12.3. The Morgan fingerprint density at radius 3 is 2.21 bits per heavy atom. The largest absolute Gasteiger partial charge is 0.465 e. The SMILES string of the molecule is COC(=O)c1cc(Oc2ccc(N3CCN(C(=O)OC(C)(C)C)CC3)nc2)nc(-c2cc(Cl)cc(Cl)c2)c1. The lowest BCUT2D eigenvalue weighted by molar-refractivity contribution is 0.0240. The van der Waals surface area contributed by atoms with Crippen LogP contribution in [-0.2, 0) is 9.47 Å². The van der Waals surface area contributed by atoms with Crippen molar-refractivity contribution >= 4 is 41.1 Å². The lowest BCUT2D eigenvalue weighted by atomic mass is 10.1. The molecule has 0 N–H and O–H groups in total. The lowest BCUT2D eigenvalue weighted by Crippen LogP contribution is -2.50. The molecule has 1 saturated heterocycles. The highest BCUT2D eigenvalue weighted by Gasteiger charge is 2.26. The fourth-order valence-corrected chi connectivity index (χ4v) is 4.35. The summed E-state index contributed by atoms with van der Waals surface area (Å²) in [5.74, 6) is 0.836. The monoisotopic (exact) mass is 558 g/mol. The molecule has 1 aliphatic heterocycles. The molecule has 1 fully saturated rings. The maximum absolute atomic E-state index is 12.3. The van der Waals surface area contributed by atoms with Gasteiger partial charge in [-0.05, 0) is 57.2 Å². The van der Waals surface area contributed by atoms with Gasteiger partial charge in [0.05, 0.1) is 24.6 Å². The summed E-state index contributed by atoms with van der Waals surface area (Å²) in [5.41, 5.74) is 0.798. The number of piperazine rings is 1. The Morgan fingerprint density at radius 1 is 0.947 bits per heavy atom. The van der Waals surface area contributed by atoms with Crippen LogP contribution in [0.5, 0.6) is 11.6 Å². The third kappa shape index (κ3) is 7.05. The number of methoxy groups -OCH3 is 1. The van der Waals surface area contributed by atoms with Crippen LogP contribution in [0.1, 0.15) is 31.1 Å². The number of halogens is 2. The van der Waals surface area contributed by atoms with Crippen molar-refractivity contribution in [2.24, 2.45) is 0 Å². The molecule has 0 aliphatic carbocycles. The van der Waals surface area contributed by atoms with E-state index in [4.69, 9.17) is 37.4 Å². The van der Waals surface area contributed by atoms with Crippen LogP contribution < -0.4 is 9.64 Å². The Labute approximate surface area is 231 Å². The second-order valence-corrected chi connectivity index (χ2v) is 10.5. The standard InChI is InChI=1S/C27H28Cl2N4O5/c1-27(2,3)38-26(35)33-9-7-32(8-10-33)23-6-5-21(16-30-23)37-24-14-18(25(34)36-4)13-22(31-24)17-11-19(28)15-20(29)12-17/h5-6,11-16H,7-10H2,1-4H3. The molecule has 4 rings (SSSR count). The van der Waals surface area contributed by atoms with Crippen molar-refractivity contribution in [3.63, 3.8) is 0 Å². The van der Waals surface area contributed by atoms with Gasteiger partial charge in [-0.2, -0.15) is 0 Å². The quantitative estimate of drug-likeness (QED) is 0.347. The van der Waals surface area contributed by atoms with Gasteiger partial charge in [0.1, 0.15) is 17.2 Å². The molecule has 0 radical (unpaired) electrons. The van der Waals surface area contributed by atoms with Gasteiger partial charge in [-0.15, -0.1) is 0 Å². The Morgan fingerprint density at radius 2 is 1.63 bits per heavy atom. The van der Waals surface area contributed by atoms with Gasteiger partial charge in [0.2, 0.25) is 5.88 Å². The molecule has 0 spiro atoms. The highest BCUT2D eigenvalue weighted by Crippen LogP contribution is 2.30. The first-order valence-corrected chi connectivity index (χ1v) is 12.7. The van der Waals surface area contributed by atoms with Gasteiger partial charge in [-0.3, -0.25) is 0 Å². The predicted octanol–water partition coefficient (Wildman–Crippen LogP) is 6.09. The molecule has 0 saturated carbocycles. The van der Waals surface area contributed by atoms with Crippen molar-refractivity contribution in [2.75, 3.05) is 38.2 Å². The molecule has 38 heavy (non-hydrogen) atoms. The molecule has 3 heterocycles. The number of nitrogens with zero attached hydrogens (tertiary/aromatic N) is 4. The van der Waals surface area contributed by atoms with E-state index in [1.165, 1.54) is 13.2 Å². The minimum absolute atomic E-state index is 0.180. The van der Waals surface area contributed by atoms with Crippen LogP contribution in [0.25, 0.3) is 11.3 Å². The number of anilines is 1. The van der Waals surface area contributed by atoms with Crippen molar-refractivity contribution < 1.29 is 23.8 Å². The topological polar surface area (TPSA) is 94.1 Å². The molecular formula is C27H28Cl2N4O5. The molecule has 1 amide bonds. The van der Waals surface area contributed by atoms with E-state index in [2.05, 4.69) is 14.9 Å². The smallest absolute Gasteiger partial charge is 0.410 e. The molecule has 0 bridgehead atoms. The highest BCUT2D eigenvalue weighted by atomic mass is 35.5. The number of aromatic nitrogens is 2.